The number of hydrogen-bond acceptors (Lipinski definition) is 4. The number of aliphatic hydroxyl groups is 1. The minimum Gasteiger partial charge on any atom is -0.491 e. The summed E-state index contributed by atoms with van der Waals surface area (Å²) in [5.41, 5.74) is 0.381. The second-order valence-electron chi connectivity index (χ2n) is 7.90. The van der Waals surface area contributed by atoms with Crippen molar-refractivity contribution >= 4 is 35.8 Å². The molecule has 0 bridgehead atoms. The van der Waals surface area contributed by atoms with Crippen LogP contribution in [0.2, 0.25) is 0 Å². The quantitative estimate of drug-likeness (QED) is 0.174. The number of rotatable bonds is 9. The maximum Gasteiger partial charge on any atom is 0.225 e. The SMILES string of the molecule is CCNC(=NCC(O)c1ccc(OC(C)C)cc1)NCCNC(=O)C(C)(C)C.I. The third kappa shape index (κ3) is 11.3. The summed E-state index contributed by atoms with van der Waals surface area (Å²) in [5.74, 6) is 1.39. The average Bonchev–Trinajstić information content (AvgIpc) is 2.61. The summed E-state index contributed by atoms with van der Waals surface area (Å²) in [7, 11) is 0. The minimum atomic E-state index is -0.704. The summed E-state index contributed by atoms with van der Waals surface area (Å²) in [6, 6.07) is 7.40. The number of carbonyl (C=O) groups is 1. The topological polar surface area (TPSA) is 95.0 Å². The van der Waals surface area contributed by atoms with E-state index in [0.29, 0.717) is 25.6 Å². The molecule has 0 saturated carbocycles. The number of aliphatic hydroxyl groups excluding tert-OH is 1. The van der Waals surface area contributed by atoms with Crippen molar-refractivity contribution in [3.63, 3.8) is 0 Å². The average molecular weight is 520 g/mol. The predicted molar refractivity (Wildman–Crippen MR) is 129 cm³/mol. The molecule has 1 aromatic rings. The molecule has 1 rings (SSSR count). The van der Waals surface area contributed by atoms with E-state index in [0.717, 1.165) is 11.3 Å². The maximum atomic E-state index is 11.9. The van der Waals surface area contributed by atoms with E-state index in [1.54, 1.807) is 0 Å². The van der Waals surface area contributed by atoms with Gasteiger partial charge in [-0.1, -0.05) is 32.9 Å². The van der Waals surface area contributed by atoms with Crippen molar-refractivity contribution in [3.8, 4) is 5.75 Å². The highest BCUT2D eigenvalue weighted by Gasteiger charge is 2.20. The third-order valence-electron chi connectivity index (χ3n) is 3.79. The van der Waals surface area contributed by atoms with E-state index < -0.39 is 11.5 Å². The fraction of sp³-hybridized carbons (Fsp3) is 0.619. The molecule has 29 heavy (non-hydrogen) atoms. The largest absolute Gasteiger partial charge is 0.491 e. The molecule has 0 aromatic heterocycles. The number of nitrogens with zero attached hydrogens (tertiary/aromatic N) is 1. The molecule has 1 amide bonds. The maximum absolute atomic E-state index is 11.9. The fourth-order valence-corrected chi connectivity index (χ4v) is 2.29. The van der Waals surface area contributed by atoms with Gasteiger partial charge in [-0.2, -0.15) is 0 Å². The highest BCUT2D eigenvalue weighted by molar-refractivity contribution is 14.0. The van der Waals surface area contributed by atoms with Crippen LogP contribution in [0.4, 0.5) is 0 Å². The Kier molecular flexibility index (Phi) is 12.9. The second kappa shape index (κ2) is 13.6. The van der Waals surface area contributed by atoms with Crippen LogP contribution in [0.1, 0.15) is 53.2 Å². The third-order valence-corrected chi connectivity index (χ3v) is 3.79. The number of hydrogen-bond donors (Lipinski definition) is 4. The Morgan fingerprint density at radius 1 is 1.10 bits per heavy atom. The van der Waals surface area contributed by atoms with E-state index in [4.69, 9.17) is 4.74 Å². The van der Waals surface area contributed by atoms with Crippen LogP contribution in [0.3, 0.4) is 0 Å². The van der Waals surface area contributed by atoms with Crippen LogP contribution in [0.15, 0.2) is 29.3 Å². The monoisotopic (exact) mass is 520 g/mol. The molecule has 7 nitrogen and oxygen atoms in total. The Labute approximate surface area is 192 Å². The lowest BCUT2D eigenvalue weighted by molar-refractivity contribution is -0.128. The first-order chi connectivity index (χ1) is 13.1. The van der Waals surface area contributed by atoms with E-state index in [2.05, 4.69) is 20.9 Å². The standard InChI is InChI=1S/C21H36N4O3.HI/c1-7-22-20(24-13-12-23-19(27)21(4,5)6)25-14-18(26)16-8-10-17(11-9-16)28-15(2)3;/h8-11,15,18,26H,7,12-14H2,1-6H3,(H,23,27)(H2,22,24,25);1H. The zero-order chi connectivity index (χ0) is 21.2. The first-order valence-corrected chi connectivity index (χ1v) is 9.88. The molecule has 4 N–H and O–H groups in total. The minimum absolute atomic E-state index is 0. The smallest absolute Gasteiger partial charge is 0.225 e. The van der Waals surface area contributed by atoms with Gasteiger partial charge in [-0.3, -0.25) is 9.79 Å². The van der Waals surface area contributed by atoms with Crippen LogP contribution in [0.5, 0.6) is 5.75 Å². The Balaban J connectivity index is 0.00000784. The molecule has 0 radical (unpaired) electrons. The molecule has 0 aliphatic heterocycles. The molecule has 0 saturated heterocycles. The number of guanidine groups is 1. The van der Waals surface area contributed by atoms with Gasteiger partial charge in [-0.25, -0.2) is 0 Å². The van der Waals surface area contributed by atoms with Gasteiger partial charge >= 0.3 is 0 Å². The van der Waals surface area contributed by atoms with E-state index in [-0.39, 0.29) is 42.5 Å². The molecule has 0 aliphatic carbocycles. The lowest BCUT2D eigenvalue weighted by atomic mass is 9.96. The second-order valence-corrected chi connectivity index (χ2v) is 7.90. The lowest BCUT2D eigenvalue weighted by Gasteiger charge is -2.18. The van der Waals surface area contributed by atoms with Gasteiger partial charge in [0.1, 0.15) is 5.75 Å². The zero-order valence-electron chi connectivity index (χ0n) is 18.4. The van der Waals surface area contributed by atoms with E-state index in [1.807, 2.05) is 65.8 Å². The fourth-order valence-electron chi connectivity index (χ4n) is 2.29. The van der Waals surface area contributed by atoms with Gasteiger partial charge in [0.05, 0.1) is 18.8 Å². The Hall–Kier alpha value is -1.55. The summed E-state index contributed by atoms with van der Waals surface area (Å²) in [6.07, 6.45) is -0.591. The van der Waals surface area contributed by atoms with Crippen molar-refractivity contribution in [2.75, 3.05) is 26.2 Å². The van der Waals surface area contributed by atoms with E-state index in [1.165, 1.54) is 0 Å². The summed E-state index contributed by atoms with van der Waals surface area (Å²) >= 11 is 0. The lowest BCUT2D eigenvalue weighted by Crippen LogP contribution is -2.43. The van der Waals surface area contributed by atoms with Crippen molar-refractivity contribution in [2.45, 2.75) is 53.8 Å². The summed E-state index contributed by atoms with van der Waals surface area (Å²) in [4.78, 5) is 16.3. The Morgan fingerprint density at radius 3 is 2.21 bits per heavy atom. The molecule has 0 fully saturated rings. The van der Waals surface area contributed by atoms with Gasteiger partial charge in [0.25, 0.3) is 0 Å². The van der Waals surface area contributed by atoms with Gasteiger partial charge in [0, 0.05) is 25.0 Å². The number of nitrogens with one attached hydrogen (secondary N) is 3. The molecule has 166 valence electrons. The van der Waals surface area contributed by atoms with E-state index >= 15 is 0 Å². The van der Waals surface area contributed by atoms with Crippen molar-refractivity contribution in [1.82, 2.24) is 16.0 Å². The molecule has 1 unspecified atom stereocenters. The van der Waals surface area contributed by atoms with Crippen LogP contribution in [0.25, 0.3) is 0 Å². The molecule has 0 aliphatic rings. The van der Waals surface area contributed by atoms with Crippen molar-refractivity contribution in [3.05, 3.63) is 29.8 Å². The molecular weight excluding hydrogens is 483 g/mol. The molecule has 8 heteroatoms. The first kappa shape index (κ1) is 27.5. The Bertz CT molecular complexity index is 628. The summed E-state index contributed by atoms with van der Waals surface area (Å²) in [6.45, 7) is 13.5. The van der Waals surface area contributed by atoms with E-state index in [9.17, 15) is 9.90 Å². The predicted octanol–water partition coefficient (Wildman–Crippen LogP) is 2.84. The van der Waals surface area contributed by atoms with Crippen molar-refractivity contribution in [1.29, 1.82) is 0 Å². The highest BCUT2D eigenvalue weighted by Crippen LogP contribution is 2.19. The molecule has 0 spiro atoms. The van der Waals surface area contributed by atoms with Crippen LogP contribution >= 0.6 is 24.0 Å². The van der Waals surface area contributed by atoms with Crippen molar-refractivity contribution in [2.24, 2.45) is 10.4 Å². The van der Waals surface area contributed by atoms with Gasteiger partial charge in [0.2, 0.25) is 5.91 Å². The van der Waals surface area contributed by atoms with Crippen LogP contribution in [-0.4, -0.2) is 49.3 Å². The summed E-state index contributed by atoms with van der Waals surface area (Å²) < 4.78 is 5.61. The summed E-state index contributed by atoms with van der Waals surface area (Å²) in [5, 5.41) is 19.6. The Morgan fingerprint density at radius 2 is 1.69 bits per heavy atom. The van der Waals surface area contributed by atoms with Crippen LogP contribution in [0, 0.1) is 5.41 Å². The number of benzene rings is 1. The van der Waals surface area contributed by atoms with Gasteiger partial charge in [0.15, 0.2) is 5.96 Å². The first-order valence-electron chi connectivity index (χ1n) is 9.88. The zero-order valence-corrected chi connectivity index (χ0v) is 20.7. The number of carbonyl (C=O) groups excluding carboxylic acids is 1. The molecule has 1 aromatic carbocycles. The van der Waals surface area contributed by atoms with Gasteiger partial charge in [-0.15, -0.1) is 24.0 Å². The van der Waals surface area contributed by atoms with Gasteiger partial charge < -0.3 is 25.8 Å². The van der Waals surface area contributed by atoms with Crippen LogP contribution in [-0.2, 0) is 4.79 Å². The van der Waals surface area contributed by atoms with Crippen LogP contribution < -0.4 is 20.7 Å². The van der Waals surface area contributed by atoms with Gasteiger partial charge in [-0.05, 0) is 38.5 Å². The highest BCUT2D eigenvalue weighted by atomic mass is 127. The van der Waals surface area contributed by atoms with Crippen molar-refractivity contribution < 1.29 is 14.6 Å². The normalized spacial score (nSPS) is 12.8. The molecule has 1 atom stereocenters. The molecule has 0 heterocycles. The number of amides is 1. The molecular formula is C21H37IN4O3. The number of ether oxygens (including phenoxy) is 1. The number of aliphatic imine (C=N–C) groups is 1. The number of halogens is 1.